The summed E-state index contributed by atoms with van der Waals surface area (Å²) >= 11 is 5.96. The van der Waals surface area contributed by atoms with Gasteiger partial charge in [0.2, 0.25) is 5.91 Å². The predicted octanol–water partition coefficient (Wildman–Crippen LogP) is 2.54. The van der Waals surface area contributed by atoms with Crippen molar-refractivity contribution in [2.24, 2.45) is 5.92 Å². The van der Waals surface area contributed by atoms with Crippen LogP contribution >= 0.6 is 11.6 Å². The zero-order valence-electron chi connectivity index (χ0n) is 11.6. The fourth-order valence-electron chi connectivity index (χ4n) is 2.73. The largest absolute Gasteiger partial charge is 0.423 e. The van der Waals surface area contributed by atoms with Crippen LogP contribution in [0.15, 0.2) is 22.6 Å². The lowest BCUT2D eigenvalue weighted by molar-refractivity contribution is -0.132. The standard InChI is InChI=1S/C15H16ClN3O2/c16-11-3-4-12-13(9-11)21-15(17-12)19-7-5-18(6-8-19)14(20)10-1-2-10/h3-4,9-10H,1-2,5-8H2. The Morgan fingerprint density at radius 2 is 2.00 bits per heavy atom. The minimum absolute atomic E-state index is 0.294. The van der Waals surface area contributed by atoms with E-state index in [0.717, 1.165) is 44.5 Å². The second kappa shape index (κ2) is 4.91. The van der Waals surface area contributed by atoms with Crippen LogP contribution in [0.3, 0.4) is 0 Å². The number of benzene rings is 1. The molecule has 0 N–H and O–H groups in total. The van der Waals surface area contributed by atoms with Crippen LogP contribution in [0.1, 0.15) is 12.8 Å². The van der Waals surface area contributed by atoms with Crippen molar-refractivity contribution in [3.05, 3.63) is 23.2 Å². The van der Waals surface area contributed by atoms with Gasteiger partial charge in [-0.2, -0.15) is 4.98 Å². The summed E-state index contributed by atoms with van der Waals surface area (Å²) in [7, 11) is 0. The van der Waals surface area contributed by atoms with Gasteiger partial charge in [0, 0.05) is 43.2 Å². The average molecular weight is 306 g/mol. The van der Waals surface area contributed by atoms with Gasteiger partial charge < -0.3 is 14.2 Å². The molecule has 0 atom stereocenters. The lowest BCUT2D eigenvalue weighted by atomic mass is 10.3. The lowest BCUT2D eigenvalue weighted by Crippen LogP contribution is -2.49. The van der Waals surface area contributed by atoms with Crippen LogP contribution in [-0.4, -0.2) is 42.0 Å². The highest BCUT2D eigenvalue weighted by molar-refractivity contribution is 6.31. The molecule has 21 heavy (non-hydrogen) atoms. The first kappa shape index (κ1) is 13.0. The number of rotatable bonds is 2. The van der Waals surface area contributed by atoms with Crippen molar-refractivity contribution >= 4 is 34.6 Å². The Labute approximate surface area is 127 Å². The molecule has 2 fully saturated rings. The maximum Gasteiger partial charge on any atom is 0.298 e. The van der Waals surface area contributed by atoms with Gasteiger partial charge >= 0.3 is 0 Å². The summed E-state index contributed by atoms with van der Waals surface area (Å²) in [6.45, 7) is 3.02. The number of oxazole rings is 1. The van der Waals surface area contributed by atoms with Gasteiger partial charge in [-0.15, -0.1) is 0 Å². The third-order valence-electron chi connectivity index (χ3n) is 4.13. The molecule has 1 aliphatic heterocycles. The molecule has 0 bridgehead atoms. The highest BCUT2D eigenvalue weighted by Gasteiger charge is 2.35. The Kier molecular flexibility index (Phi) is 3.03. The first-order valence-corrected chi connectivity index (χ1v) is 7.68. The molecule has 0 radical (unpaired) electrons. The monoisotopic (exact) mass is 305 g/mol. The molecule has 1 saturated heterocycles. The Morgan fingerprint density at radius 1 is 1.24 bits per heavy atom. The molecular formula is C15H16ClN3O2. The predicted molar refractivity (Wildman–Crippen MR) is 80.5 cm³/mol. The van der Waals surface area contributed by atoms with Crippen molar-refractivity contribution in [1.29, 1.82) is 0 Å². The Bertz CT molecular complexity index is 687. The third kappa shape index (κ3) is 2.46. The minimum atomic E-state index is 0.294. The molecule has 6 heteroatoms. The number of anilines is 1. The van der Waals surface area contributed by atoms with Gasteiger partial charge in [-0.25, -0.2) is 0 Å². The number of fused-ring (bicyclic) bond motifs is 1. The van der Waals surface area contributed by atoms with E-state index in [0.29, 0.717) is 28.4 Å². The number of carbonyl (C=O) groups excluding carboxylic acids is 1. The molecule has 1 saturated carbocycles. The molecule has 1 aliphatic carbocycles. The highest BCUT2D eigenvalue weighted by Crippen LogP contribution is 2.32. The van der Waals surface area contributed by atoms with Crippen LogP contribution in [0.25, 0.3) is 11.1 Å². The van der Waals surface area contributed by atoms with E-state index >= 15 is 0 Å². The van der Waals surface area contributed by atoms with Crippen molar-refractivity contribution in [1.82, 2.24) is 9.88 Å². The van der Waals surface area contributed by atoms with Gasteiger partial charge in [0.25, 0.3) is 6.01 Å². The Balaban J connectivity index is 1.48. The molecule has 2 aliphatic rings. The number of aromatic nitrogens is 1. The molecule has 2 heterocycles. The van der Waals surface area contributed by atoms with Crippen LogP contribution in [0.5, 0.6) is 0 Å². The molecule has 0 unspecified atom stereocenters. The van der Waals surface area contributed by atoms with Gasteiger partial charge in [-0.05, 0) is 25.0 Å². The van der Waals surface area contributed by atoms with Gasteiger partial charge in [0.15, 0.2) is 5.58 Å². The molecule has 2 aromatic rings. The molecule has 4 rings (SSSR count). The number of nitrogens with zero attached hydrogens (tertiary/aromatic N) is 3. The van der Waals surface area contributed by atoms with Gasteiger partial charge in [0.1, 0.15) is 5.52 Å². The zero-order valence-corrected chi connectivity index (χ0v) is 12.3. The van der Waals surface area contributed by atoms with E-state index in [1.807, 2.05) is 17.0 Å². The maximum absolute atomic E-state index is 12.0. The Morgan fingerprint density at radius 3 is 2.71 bits per heavy atom. The molecule has 5 nitrogen and oxygen atoms in total. The first-order chi connectivity index (χ1) is 10.2. The number of hydrogen-bond acceptors (Lipinski definition) is 4. The number of carbonyl (C=O) groups is 1. The van der Waals surface area contributed by atoms with Crippen molar-refractivity contribution in [2.45, 2.75) is 12.8 Å². The summed E-state index contributed by atoms with van der Waals surface area (Å²) in [5.74, 6) is 0.613. The molecule has 1 aromatic heterocycles. The van der Waals surface area contributed by atoms with E-state index in [2.05, 4.69) is 9.88 Å². The highest BCUT2D eigenvalue weighted by atomic mass is 35.5. The smallest absolute Gasteiger partial charge is 0.298 e. The fourth-order valence-corrected chi connectivity index (χ4v) is 2.89. The normalized spacial score (nSPS) is 19.3. The van der Waals surface area contributed by atoms with E-state index in [4.69, 9.17) is 16.0 Å². The van der Waals surface area contributed by atoms with Crippen LogP contribution < -0.4 is 4.90 Å². The topological polar surface area (TPSA) is 49.6 Å². The van der Waals surface area contributed by atoms with Crippen LogP contribution in [0.4, 0.5) is 6.01 Å². The average Bonchev–Trinajstić information content (AvgIpc) is 3.26. The summed E-state index contributed by atoms with van der Waals surface area (Å²) in [4.78, 5) is 20.6. The molecule has 1 aromatic carbocycles. The third-order valence-corrected chi connectivity index (χ3v) is 4.36. The van der Waals surface area contributed by atoms with E-state index in [-0.39, 0.29) is 0 Å². The summed E-state index contributed by atoms with van der Waals surface area (Å²) in [5, 5.41) is 0.644. The van der Waals surface area contributed by atoms with Crippen molar-refractivity contribution in [3.63, 3.8) is 0 Å². The van der Waals surface area contributed by atoms with Gasteiger partial charge in [-0.3, -0.25) is 4.79 Å². The van der Waals surface area contributed by atoms with E-state index < -0.39 is 0 Å². The SMILES string of the molecule is O=C(C1CC1)N1CCN(c2nc3ccc(Cl)cc3o2)CC1. The summed E-state index contributed by atoms with van der Waals surface area (Å²) in [6, 6.07) is 6.06. The van der Waals surface area contributed by atoms with Crippen molar-refractivity contribution in [2.75, 3.05) is 31.1 Å². The van der Waals surface area contributed by atoms with E-state index in [1.54, 1.807) is 6.07 Å². The van der Waals surface area contributed by atoms with Gasteiger partial charge in [-0.1, -0.05) is 11.6 Å². The summed E-state index contributed by atoms with van der Waals surface area (Å²) in [6.07, 6.45) is 2.12. The molecular weight excluding hydrogens is 290 g/mol. The van der Waals surface area contributed by atoms with Crippen LogP contribution in [-0.2, 0) is 4.79 Å². The lowest BCUT2D eigenvalue weighted by Gasteiger charge is -2.33. The first-order valence-electron chi connectivity index (χ1n) is 7.30. The number of amides is 1. The second-order valence-electron chi connectivity index (χ2n) is 5.70. The fraction of sp³-hybridized carbons (Fsp3) is 0.467. The second-order valence-corrected chi connectivity index (χ2v) is 6.13. The van der Waals surface area contributed by atoms with Crippen LogP contribution in [0.2, 0.25) is 5.02 Å². The van der Waals surface area contributed by atoms with Crippen molar-refractivity contribution < 1.29 is 9.21 Å². The van der Waals surface area contributed by atoms with Crippen molar-refractivity contribution in [3.8, 4) is 0 Å². The summed E-state index contributed by atoms with van der Waals surface area (Å²) < 4.78 is 5.77. The zero-order chi connectivity index (χ0) is 14.4. The van der Waals surface area contributed by atoms with Gasteiger partial charge in [0.05, 0.1) is 0 Å². The summed E-state index contributed by atoms with van der Waals surface area (Å²) in [5.41, 5.74) is 1.51. The number of hydrogen-bond donors (Lipinski definition) is 0. The molecule has 110 valence electrons. The maximum atomic E-state index is 12.0. The van der Waals surface area contributed by atoms with E-state index in [9.17, 15) is 4.79 Å². The number of halogens is 1. The quantitative estimate of drug-likeness (QED) is 0.855. The van der Waals surface area contributed by atoms with Crippen LogP contribution in [0, 0.1) is 5.92 Å². The van der Waals surface area contributed by atoms with E-state index in [1.165, 1.54) is 0 Å². The minimum Gasteiger partial charge on any atom is -0.423 e. The molecule has 1 amide bonds. The Hall–Kier alpha value is -1.75. The molecule has 0 spiro atoms. The number of piperazine rings is 1.